The molecule has 2 aromatic heterocycles. The van der Waals surface area contributed by atoms with E-state index in [2.05, 4.69) is 15.3 Å². The van der Waals surface area contributed by atoms with E-state index >= 15 is 0 Å². The van der Waals surface area contributed by atoms with E-state index in [0.29, 0.717) is 29.4 Å². The van der Waals surface area contributed by atoms with Crippen molar-refractivity contribution in [2.24, 2.45) is 0 Å². The molecule has 1 N–H and O–H groups in total. The Labute approximate surface area is 170 Å². The predicted octanol–water partition coefficient (Wildman–Crippen LogP) is 3.49. The Morgan fingerprint density at radius 1 is 1.10 bits per heavy atom. The molecule has 150 valence electrons. The number of hydrogen-bond donors (Lipinski definition) is 1. The van der Waals surface area contributed by atoms with Gasteiger partial charge in [0.1, 0.15) is 5.75 Å². The summed E-state index contributed by atoms with van der Waals surface area (Å²) in [5.41, 5.74) is 2.85. The molecule has 2 heterocycles. The van der Waals surface area contributed by atoms with Gasteiger partial charge in [0.05, 0.1) is 4.92 Å². The van der Waals surface area contributed by atoms with Gasteiger partial charge in [-0.3, -0.25) is 14.9 Å². The number of non-ortho nitro benzene ring substituents is 1. The van der Waals surface area contributed by atoms with E-state index in [1.54, 1.807) is 12.3 Å². The minimum Gasteiger partial charge on any atom is -0.484 e. The molecule has 4 rings (SSSR count). The monoisotopic (exact) mass is 404 g/mol. The van der Waals surface area contributed by atoms with Crippen LogP contribution in [0.3, 0.4) is 0 Å². The number of pyridine rings is 1. The Kier molecular flexibility index (Phi) is 5.33. The molecule has 0 saturated heterocycles. The molecule has 9 heteroatoms. The van der Waals surface area contributed by atoms with Crippen LogP contribution in [-0.4, -0.2) is 27.4 Å². The van der Waals surface area contributed by atoms with Gasteiger partial charge in [-0.05, 0) is 42.0 Å². The second kappa shape index (κ2) is 8.39. The SMILES string of the molecule is O=C(COc1ccc([N+](=O)[O-])cc1)NCc1ccc(-c2nc3ncccc3o2)cc1. The molecule has 30 heavy (non-hydrogen) atoms. The van der Waals surface area contributed by atoms with Crippen LogP contribution in [0, 0.1) is 10.1 Å². The molecule has 0 aliphatic heterocycles. The summed E-state index contributed by atoms with van der Waals surface area (Å²) in [6, 6.07) is 16.6. The number of nitro groups is 1. The Bertz CT molecular complexity index is 1150. The molecule has 0 saturated carbocycles. The van der Waals surface area contributed by atoms with Gasteiger partial charge in [0.2, 0.25) is 5.89 Å². The Balaban J connectivity index is 1.29. The molecule has 0 aliphatic carbocycles. The van der Waals surface area contributed by atoms with Crippen molar-refractivity contribution in [3.63, 3.8) is 0 Å². The van der Waals surface area contributed by atoms with Gasteiger partial charge in [0.25, 0.3) is 11.6 Å². The average Bonchev–Trinajstić information content (AvgIpc) is 3.21. The van der Waals surface area contributed by atoms with Crippen molar-refractivity contribution in [1.82, 2.24) is 15.3 Å². The summed E-state index contributed by atoms with van der Waals surface area (Å²) >= 11 is 0. The molecule has 1 amide bonds. The molecule has 9 nitrogen and oxygen atoms in total. The lowest BCUT2D eigenvalue weighted by atomic mass is 10.1. The molecular formula is C21H16N4O5. The fraction of sp³-hybridized carbons (Fsp3) is 0.0952. The summed E-state index contributed by atoms with van der Waals surface area (Å²) in [4.78, 5) is 30.6. The van der Waals surface area contributed by atoms with Crippen LogP contribution in [0.25, 0.3) is 22.7 Å². The highest BCUT2D eigenvalue weighted by Gasteiger charge is 2.09. The number of nitro benzene ring substituents is 1. The number of rotatable bonds is 7. The van der Waals surface area contributed by atoms with Crippen molar-refractivity contribution < 1.29 is 18.9 Å². The maximum absolute atomic E-state index is 12.0. The first-order valence-corrected chi connectivity index (χ1v) is 9.03. The quantitative estimate of drug-likeness (QED) is 0.370. The topological polar surface area (TPSA) is 120 Å². The van der Waals surface area contributed by atoms with Gasteiger partial charge < -0.3 is 14.5 Å². The first kappa shape index (κ1) is 19.1. The summed E-state index contributed by atoms with van der Waals surface area (Å²) in [6.07, 6.45) is 1.66. The Morgan fingerprint density at radius 3 is 2.57 bits per heavy atom. The van der Waals surface area contributed by atoms with Crippen LogP contribution in [-0.2, 0) is 11.3 Å². The fourth-order valence-corrected chi connectivity index (χ4v) is 2.72. The average molecular weight is 404 g/mol. The van der Waals surface area contributed by atoms with Crippen molar-refractivity contribution in [3.8, 4) is 17.2 Å². The normalized spacial score (nSPS) is 10.7. The Hall–Kier alpha value is -4.27. The molecule has 0 fully saturated rings. The van der Waals surface area contributed by atoms with Crippen molar-refractivity contribution in [2.45, 2.75) is 6.54 Å². The number of carbonyl (C=O) groups excluding carboxylic acids is 1. The molecule has 4 aromatic rings. The number of benzene rings is 2. The minimum absolute atomic E-state index is 0.0376. The van der Waals surface area contributed by atoms with Gasteiger partial charge >= 0.3 is 0 Å². The number of nitrogens with one attached hydrogen (secondary N) is 1. The molecular weight excluding hydrogens is 388 g/mol. The van der Waals surface area contributed by atoms with Gasteiger partial charge in [0.15, 0.2) is 17.8 Å². The predicted molar refractivity (Wildman–Crippen MR) is 108 cm³/mol. The maximum atomic E-state index is 12.0. The largest absolute Gasteiger partial charge is 0.484 e. The van der Waals surface area contributed by atoms with Gasteiger partial charge in [0, 0.05) is 30.4 Å². The number of nitrogens with zero attached hydrogens (tertiary/aromatic N) is 3. The van der Waals surface area contributed by atoms with Gasteiger partial charge in [-0.2, -0.15) is 4.98 Å². The van der Waals surface area contributed by atoms with E-state index in [0.717, 1.165) is 11.1 Å². The second-order valence-electron chi connectivity index (χ2n) is 6.36. The standard InChI is InChI=1S/C21H16N4O5/c26-19(13-29-17-9-7-16(8-10-17)25(27)28)23-12-14-3-5-15(6-4-14)21-24-20-18(30-21)2-1-11-22-20/h1-11H,12-13H2,(H,23,26). The molecule has 0 atom stereocenters. The van der Waals surface area contributed by atoms with E-state index in [9.17, 15) is 14.9 Å². The lowest BCUT2D eigenvalue weighted by Gasteiger charge is -2.08. The van der Waals surface area contributed by atoms with Crippen LogP contribution in [0.4, 0.5) is 5.69 Å². The lowest BCUT2D eigenvalue weighted by molar-refractivity contribution is -0.384. The van der Waals surface area contributed by atoms with E-state index < -0.39 is 4.92 Å². The molecule has 0 bridgehead atoms. The third-order valence-corrected chi connectivity index (χ3v) is 4.27. The van der Waals surface area contributed by atoms with Crippen LogP contribution in [0.1, 0.15) is 5.56 Å². The van der Waals surface area contributed by atoms with Crippen LogP contribution < -0.4 is 10.1 Å². The minimum atomic E-state index is -0.497. The first-order chi connectivity index (χ1) is 14.6. The highest BCUT2D eigenvalue weighted by molar-refractivity contribution is 5.77. The zero-order valence-corrected chi connectivity index (χ0v) is 15.6. The summed E-state index contributed by atoms with van der Waals surface area (Å²) in [7, 11) is 0. The molecule has 0 unspecified atom stereocenters. The first-order valence-electron chi connectivity index (χ1n) is 9.03. The summed E-state index contributed by atoms with van der Waals surface area (Å²) in [5, 5.41) is 13.4. The van der Waals surface area contributed by atoms with Crippen LogP contribution in [0.15, 0.2) is 71.3 Å². The molecule has 0 spiro atoms. The van der Waals surface area contributed by atoms with Crippen molar-refractivity contribution in [2.75, 3.05) is 6.61 Å². The van der Waals surface area contributed by atoms with Crippen molar-refractivity contribution in [3.05, 3.63) is 82.5 Å². The third-order valence-electron chi connectivity index (χ3n) is 4.27. The molecule has 0 radical (unpaired) electrons. The smallest absolute Gasteiger partial charge is 0.269 e. The van der Waals surface area contributed by atoms with Gasteiger partial charge in [-0.15, -0.1) is 0 Å². The number of oxazole rings is 1. The van der Waals surface area contributed by atoms with Crippen molar-refractivity contribution >= 4 is 22.8 Å². The highest BCUT2D eigenvalue weighted by atomic mass is 16.6. The molecule has 2 aromatic carbocycles. The fourth-order valence-electron chi connectivity index (χ4n) is 2.72. The van der Waals surface area contributed by atoms with E-state index in [4.69, 9.17) is 9.15 Å². The van der Waals surface area contributed by atoms with Gasteiger partial charge in [-0.1, -0.05) is 12.1 Å². The maximum Gasteiger partial charge on any atom is 0.269 e. The Morgan fingerprint density at radius 2 is 1.87 bits per heavy atom. The van der Waals surface area contributed by atoms with E-state index in [1.165, 1.54) is 24.3 Å². The highest BCUT2D eigenvalue weighted by Crippen LogP contribution is 2.23. The van der Waals surface area contributed by atoms with E-state index in [1.807, 2.05) is 30.3 Å². The van der Waals surface area contributed by atoms with E-state index in [-0.39, 0.29) is 18.2 Å². The second-order valence-corrected chi connectivity index (χ2v) is 6.36. The third kappa shape index (κ3) is 4.41. The van der Waals surface area contributed by atoms with Crippen molar-refractivity contribution in [1.29, 1.82) is 0 Å². The zero-order chi connectivity index (χ0) is 20.9. The summed E-state index contributed by atoms with van der Waals surface area (Å²) in [5.74, 6) is 0.561. The number of ether oxygens (including phenoxy) is 1. The zero-order valence-electron chi connectivity index (χ0n) is 15.6. The summed E-state index contributed by atoms with van der Waals surface area (Å²) < 4.78 is 11.0. The number of carbonyl (C=O) groups is 1. The summed E-state index contributed by atoms with van der Waals surface area (Å²) in [6.45, 7) is 0.143. The van der Waals surface area contributed by atoms with Crippen LogP contribution in [0.5, 0.6) is 5.75 Å². The number of aromatic nitrogens is 2. The number of fused-ring (bicyclic) bond motifs is 1. The number of hydrogen-bond acceptors (Lipinski definition) is 7. The molecule has 0 aliphatic rings. The number of amides is 1. The lowest BCUT2D eigenvalue weighted by Crippen LogP contribution is -2.28. The van der Waals surface area contributed by atoms with Crippen LogP contribution in [0.2, 0.25) is 0 Å². The van der Waals surface area contributed by atoms with Gasteiger partial charge in [-0.25, -0.2) is 4.98 Å². The van der Waals surface area contributed by atoms with Crippen LogP contribution >= 0.6 is 0 Å².